The third kappa shape index (κ3) is 4.90. The molecule has 0 radical (unpaired) electrons. The van der Waals surface area contributed by atoms with Gasteiger partial charge in [-0.15, -0.1) is 0 Å². The zero-order valence-corrected chi connectivity index (χ0v) is 13.4. The second-order valence-corrected chi connectivity index (χ2v) is 5.37. The molecule has 0 amide bonds. The Balaban J connectivity index is 1.75. The van der Waals surface area contributed by atoms with Crippen molar-refractivity contribution >= 4 is 21.7 Å². The number of ketones is 1. The molecule has 0 spiro atoms. The minimum atomic E-state index is 0.139. The first-order valence-electron chi connectivity index (χ1n) is 6.83. The molecule has 0 aliphatic rings. The SMILES string of the molecule is CCC(=O)c1ccc(OCCOc2ccc(Br)cc2)cc1. The molecule has 0 saturated heterocycles. The highest BCUT2D eigenvalue weighted by atomic mass is 79.9. The summed E-state index contributed by atoms with van der Waals surface area (Å²) in [6.07, 6.45) is 0.515. The van der Waals surface area contributed by atoms with Crippen molar-refractivity contribution in [1.29, 1.82) is 0 Å². The molecule has 0 aliphatic carbocycles. The Labute approximate surface area is 133 Å². The smallest absolute Gasteiger partial charge is 0.162 e. The van der Waals surface area contributed by atoms with Crippen molar-refractivity contribution in [3.05, 3.63) is 58.6 Å². The van der Waals surface area contributed by atoms with Crippen LogP contribution in [0.3, 0.4) is 0 Å². The largest absolute Gasteiger partial charge is 0.490 e. The standard InChI is InChI=1S/C17H17BrO3/c1-2-17(19)13-3-7-15(8-4-13)20-11-12-21-16-9-5-14(18)6-10-16/h3-10H,2,11-12H2,1H3. The Morgan fingerprint density at radius 3 is 1.86 bits per heavy atom. The molecule has 3 nitrogen and oxygen atoms in total. The predicted molar refractivity (Wildman–Crippen MR) is 86.2 cm³/mol. The first kappa shape index (κ1) is 15.6. The van der Waals surface area contributed by atoms with Gasteiger partial charge in [0, 0.05) is 16.5 Å². The number of hydrogen-bond donors (Lipinski definition) is 0. The Hall–Kier alpha value is -1.81. The van der Waals surface area contributed by atoms with Gasteiger partial charge in [0.1, 0.15) is 24.7 Å². The molecule has 0 N–H and O–H groups in total. The quantitative estimate of drug-likeness (QED) is 0.545. The first-order valence-corrected chi connectivity index (χ1v) is 7.63. The summed E-state index contributed by atoms with van der Waals surface area (Å²) in [4.78, 5) is 11.5. The number of benzene rings is 2. The fourth-order valence-electron chi connectivity index (χ4n) is 1.79. The minimum absolute atomic E-state index is 0.139. The van der Waals surface area contributed by atoms with Gasteiger partial charge in [0.05, 0.1) is 0 Å². The topological polar surface area (TPSA) is 35.5 Å². The van der Waals surface area contributed by atoms with Crippen molar-refractivity contribution in [2.75, 3.05) is 13.2 Å². The van der Waals surface area contributed by atoms with Gasteiger partial charge in [-0.3, -0.25) is 4.79 Å². The second-order valence-electron chi connectivity index (χ2n) is 4.45. The van der Waals surface area contributed by atoms with Crippen LogP contribution in [0.5, 0.6) is 11.5 Å². The zero-order valence-electron chi connectivity index (χ0n) is 11.8. The maximum Gasteiger partial charge on any atom is 0.162 e. The van der Waals surface area contributed by atoms with Crippen LogP contribution in [0.2, 0.25) is 0 Å². The van der Waals surface area contributed by atoms with Crippen LogP contribution < -0.4 is 9.47 Å². The Kier molecular flexibility index (Phi) is 5.81. The molecule has 0 aliphatic heterocycles. The van der Waals surface area contributed by atoms with Gasteiger partial charge in [0.15, 0.2) is 5.78 Å². The summed E-state index contributed by atoms with van der Waals surface area (Å²) in [5, 5.41) is 0. The molecular formula is C17H17BrO3. The van der Waals surface area contributed by atoms with Gasteiger partial charge in [-0.2, -0.15) is 0 Å². The van der Waals surface area contributed by atoms with E-state index in [9.17, 15) is 4.79 Å². The molecule has 2 aromatic carbocycles. The van der Waals surface area contributed by atoms with E-state index in [4.69, 9.17) is 9.47 Å². The Morgan fingerprint density at radius 2 is 1.38 bits per heavy atom. The molecule has 0 fully saturated rings. The van der Waals surface area contributed by atoms with Crippen molar-refractivity contribution in [3.63, 3.8) is 0 Å². The van der Waals surface area contributed by atoms with Crippen molar-refractivity contribution < 1.29 is 14.3 Å². The predicted octanol–water partition coefficient (Wildman–Crippen LogP) is 4.50. The number of rotatable bonds is 7. The van der Waals surface area contributed by atoms with Crippen molar-refractivity contribution in [3.8, 4) is 11.5 Å². The van der Waals surface area contributed by atoms with Gasteiger partial charge in [-0.05, 0) is 48.5 Å². The van der Waals surface area contributed by atoms with Gasteiger partial charge in [-0.25, -0.2) is 0 Å². The summed E-state index contributed by atoms with van der Waals surface area (Å²) in [5.74, 6) is 1.69. The van der Waals surface area contributed by atoms with Gasteiger partial charge in [0.25, 0.3) is 0 Å². The highest BCUT2D eigenvalue weighted by molar-refractivity contribution is 9.10. The van der Waals surface area contributed by atoms with Crippen LogP contribution in [0.25, 0.3) is 0 Å². The fraction of sp³-hybridized carbons (Fsp3) is 0.235. The lowest BCUT2D eigenvalue weighted by Gasteiger charge is -2.09. The minimum Gasteiger partial charge on any atom is -0.490 e. The number of ether oxygens (including phenoxy) is 2. The summed E-state index contributed by atoms with van der Waals surface area (Å²) in [6, 6.07) is 14.8. The van der Waals surface area contributed by atoms with Crippen LogP contribution in [-0.4, -0.2) is 19.0 Å². The second kappa shape index (κ2) is 7.84. The van der Waals surface area contributed by atoms with Crippen LogP contribution in [0.4, 0.5) is 0 Å². The van der Waals surface area contributed by atoms with Crippen LogP contribution >= 0.6 is 15.9 Å². The van der Waals surface area contributed by atoms with Crippen molar-refractivity contribution in [1.82, 2.24) is 0 Å². The Morgan fingerprint density at radius 1 is 0.905 bits per heavy atom. The molecule has 110 valence electrons. The zero-order chi connectivity index (χ0) is 15.1. The molecule has 0 atom stereocenters. The van der Waals surface area contributed by atoms with E-state index >= 15 is 0 Å². The number of carbonyl (C=O) groups is 1. The highest BCUT2D eigenvalue weighted by Gasteiger charge is 2.02. The maximum absolute atomic E-state index is 11.5. The molecule has 0 aromatic heterocycles. The lowest BCUT2D eigenvalue weighted by molar-refractivity contribution is 0.0988. The van der Waals surface area contributed by atoms with E-state index in [1.165, 1.54) is 0 Å². The van der Waals surface area contributed by atoms with Gasteiger partial charge in [0.2, 0.25) is 0 Å². The van der Waals surface area contributed by atoms with Crippen LogP contribution in [-0.2, 0) is 0 Å². The van der Waals surface area contributed by atoms with Crippen molar-refractivity contribution in [2.24, 2.45) is 0 Å². The van der Waals surface area contributed by atoms with E-state index in [1.54, 1.807) is 12.1 Å². The third-order valence-corrected chi connectivity index (χ3v) is 3.46. The molecule has 0 bridgehead atoms. The average molecular weight is 349 g/mol. The summed E-state index contributed by atoms with van der Waals surface area (Å²) < 4.78 is 12.2. The number of carbonyl (C=O) groups excluding carboxylic acids is 1. The number of halogens is 1. The van der Waals surface area contributed by atoms with E-state index in [-0.39, 0.29) is 5.78 Å². The molecule has 0 unspecified atom stereocenters. The lowest BCUT2D eigenvalue weighted by atomic mass is 10.1. The third-order valence-electron chi connectivity index (χ3n) is 2.93. The summed E-state index contributed by atoms with van der Waals surface area (Å²) in [7, 11) is 0. The molecular weight excluding hydrogens is 332 g/mol. The normalized spacial score (nSPS) is 10.2. The monoisotopic (exact) mass is 348 g/mol. The molecule has 2 aromatic rings. The summed E-state index contributed by atoms with van der Waals surface area (Å²) in [5.41, 5.74) is 0.718. The van der Waals surface area contributed by atoms with E-state index in [0.29, 0.717) is 19.6 Å². The number of hydrogen-bond acceptors (Lipinski definition) is 3. The lowest BCUT2D eigenvalue weighted by Crippen LogP contribution is -2.09. The molecule has 2 rings (SSSR count). The van der Waals surface area contributed by atoms with Crippen molar-refractivity contribution in [2.45, 2.75) is 13.3 Å². The maximum atomic E-state index is 11.5. The van der Waals surface area contributed by atoms with Gasteiger partial charge in [-0.1, -0.05) is 22.9 Å². The van der Waals surface area contributed by atoms with E-state index in [0.717, 1.165) is 21.5 Å². The summed E-state index contributed by atoms with van der Waals surface area (Å²) in [6.45, 7) is 2.78. The van der Waals surface area contributed by atoms with E-state index in [2.05, 4.69) is 15.9 Å². The highest BCUT2D eigenvalue weighted by Crippen LogP contribution is 2.16. The molecule has 0 heterocycles. The Bertz CT molecular complexity index is 576. The average Bonchev–Trinajstić information content (AvgIpc) is 2.53. The number of Topliss-reactive ketones (excluding diaryl/α,β-unsaturated/α-hetero) is 1. The van der Waals surface area contributed by atoms with Crippen LogP contribution in [0.1, 0.15) is 23.7 Å². The van der Waals surface area contributed by atoms with Crippen LogP contribution in [0.15, 0.2) is 53.0 Å². The van der Waals surface area contributed by atoms with Gasteiger partial charge < -0.3 is 9.47 Å². The van der Waals surface area contributed by atoms with E-state index in [1.807, 2.05) is 43.3 Å². The molecule has 21 heavy (non-hydrogen) atoms. The molecule has 0 saturated carbocycles. The van der Waals surface area contributed by atoms with Gasteiger partial charge >= 0.3 is 0 Å². The summed E-state index contributed by atoms with van der Waals surface area (Å²) >= 11 is 3.37. The van der Waals surface area contributed by atoms with Crippen LogP contribution in [0, 0.1) is 0 Å². The fourth-order valence-corrected chi connectivity index (χ4v) is 2.06. The molecule has 4 heteroatoms. The van der Waals surface area contributed by atoms with E-state index < -0.39 is 0 Å². The first-order chi connectivity index (χ1) is 10.2.